The standard InChI is InChI=1S/C20H26N2O4S/c1-8-26-20-16(11-21-22(20)6)19(23)15-9-10-17(27(7,24)25)18(14(15)5)13(4)12(2)3/h9-11H,8H2,1-7H3. The van der Waals surface area contributed by atoms with Gasteiger partial charge in [-0.15, -0.1) is 0 Å². The Bertz CT molecular complexity index is 1030. The molecule has 0 atom stereocenters. The van der Waals surface area contributed by atoms with Crippen molar-refractivity contribution in [1.29, 1.82) is 0 Å². The fourth-order valence-electron chi connectivity index (χ4n) is 2.99. The number of nitrogens with zero attached hydrogens (tertiary/aromatic N) is 2. The van der Waals surface area contributed by atoms with E-state index < -0.39 is 9.84 Å². The van der Waals surface area contributed by atoms with E-state index in [0.717, 1.165) is 11.1 Å². The van der Waals surface area contributed by atoms with Crippen LogP contribution in [-0.2, 0) is 16.9 Å². The normalized spacial score (nSPS) is 11.4. The minimum atomic E-state index is -3.44. The van der Waals surface area contributed by atoms with Gasteiger partial charge in [0.15, 0.2) is 15.6 Å². The molecule has 0 saturated carbocycles. The van der Waals surface area contributed by atoms with Crippen LogP contribution in [0.15, 0.2) is 28.8 Å². The molecule has 2 aromatic rings. The number of carbonyl (C=O) groups excluding carboxylic acids is 1. The number of rotatable bonds is 6. The predicted octanol–water partition coefficient (Wildman–Crippen LogP) is 3.58. The van der Waals surface area contributed by atoms with Gasteiger partial charge in [-0.2, -0.15) is 5.10 Å². The largest absolute Gasteiger partial charge is 0.478 e. The molecule has 0 amide bonds. The molecule has 1 aromatic carbocycles. The van der Waals surface area contributed by atoms with Crippen molar-refractivity contribution in [2.75, 3.05) is 12.9 Å². The van der Waals surface area contributed by atoms with Gasteiger partial charge in [-0.25, -0.2) is 13.1 Å². The Hall–Kier alpha value is -2.41. The zero-order valence-corrected chi connectivity index (χ0v) is 17.7. The summed E-state index contributed by atoms with van der Waals surface area (Å²) in [6.45, 7) is 9.74. The third-order valence-electron chi connectivity index (χ3n) is 4.61. The lowest BCUT2D eigenvalue weighted by atomic mass is 9.91. The van der Waals surface area contributed by atoms with Gasteiger partial charge in [-0.1, -0.05) is 5.57 Å². The summed E-state index contributed by atoms with van der Waals surface area (Å²) in [6.07, 6.45) is 2.66. The molecule has 0 N–H and O–H groups in total. The van der Waals surface area contributed by atoms with Crippen LogP contribution in [-0.4, -0.2) is 36.8 Å². The fraction of sp³-hybridized carbons (Fsp3) is 0.400. The van der Waals surface area contributed by atoms with Crippen LogP contribution in [0.3, 0.4) is 0 Å². The van der Waals surface area contributed by atoms with Gasteiger partial charge in [0.1, 0.15) is 5.56 Å². The average molecular weight is 391 g/mol. The molecule has 27 heavy (non-hydrogen) atoms. The van der Waals surface area contributed by atoms with Crippen LogP contribution in [0.4, 0.5) is 0 Å². The van der Waals surface area contributed by atoms with Gasteiger partial charge >= 0.3 is 0 Å². The Morgan fingerprint density at radius 1 is 1.19 bits per heavy atom. The minimum Gasteiger partial charge on any atom is -0.478 e. The van der Waals surface area contributed by atoms with Crippen molar-refractivity contribution in [3.05, 3.63) is 46.2 Å². The van der Waals surface area contributed by atoms with Crippen molar-refractivity contribution < 1.29 is 17.9 Å². The number of sulfone groups is 1. The van der Waals surface area contributed by atoms with Gasteiger partial charge in [0, 0.05) is 18.9 Å². The first-order valence-electron chi connectivity index (χ1n) is 8.68. The molecule has 0 radical (unpaired) electrons. The number of ketones is 1. The summed E-state index contributed by atoms with van der Waals surface area (Å²) >= 11 is 0. The van der Waals surface area contributed by atoms with Gasteiger partial charge in [0.05, 0.1) is 17.7 Å². The first-order chi connectivity index (χ1) is 12.5. The van der Waals surface area contributed by atoms with E-state index >= 15 is 0 Å². The molecule has 0 fully saturated rings. The SMILES string of the molecule is CCOc1c(C(=O)c2ccc(S(C)(=O)=O)c(C(C)=C(C)C)c2C)cnn1C. The number of allylic oxidation sites excluding steroid dienone is 2. The molecule has 0 saturated heterocycles. The first-order valence-corrected chi connectivity index (χ1v) is 10.6. The lowest BCUT2D eigenvalue weighted by Crippen LogP contribution is -2.11. The van der Waals surface area contributed by atoms with E-state index in [9.17, 15) is 13.2 Å². The highest BCUT2D eigenvalue weighted by atomic mass is 32.2. The van der Waals surface area contributed by atoms with E-state index in [2.05, 4.69) is 5.10 Å². The first kappa shape index (κ1) is 20.9. The van der Waals surface area contributed by atoms with Gasteiger partial charge in [0.25, 0.3) is 0 Å². The van der Waals surface area contributed by atoms with Crippen LogP contribution >= 0.6 is 0 Å². The number of aryl methyl sites for hydroxylation is 1. The summed E-state index contributed by atoms with van der Waals surface area (Å²) in [5.74, 6) is 0.154. The van der Waals surface area contributed by atoms with Crippen molar-refractivity contribution in [3.63, 3.8) is 0 Å². The summed E-state index contributed by atoms with van der Waals surface area (Å²) in [4.78, 5) is 13.4. The van der Waals surface area contributed by atoms with Gasteiger partial charge < -0.3 is 4.74 Å². The molecule has 0 aliphatic heterocycles. The Labute approximate surface area is 160 Å². The minimum absolute atomic E-state index is 0.228. The van der Waals surface area contributed by atoms with Crippen molar-refractivity contribution in [1.82, 2.24) is 9.78 Å². The van der Waals surface area contributed by atoms with Crippen LogP contribution < -0.4 is 4.74 Å². The van der Waals surface area contributed by atoms with Crippen molar-refractivity contribution in [3.8, 4) is 5.88 Å². The molecule has 0 bridgehead atoms. The maximum Gasteiger partial charge on any atom is 0.223 e. The van der Waals surface area contributed by atoms with E-state index in [0.29, 0.717) is 34.7 Å². The third-order valence-corrected chi connectivity index (χ3v) is 5.75. The van der Waals surface area contributed by atoms with Crippen molar-refractivity contribution in [2.24, 2.45) is 7.05 Å². The van der Waals surface area contributed by atoms with Gasteiger partial charge in [-0.05, 0) is 63.5 Å². The number of benzene rings is 1. The van der Waals surface area contributed by atoms with Crippen LogP contribution in [0.2, 0.25) is 0 Å². The Morgan fingerprint density at radius 2 is 1.81 bits per heavy atom. The van der Waals surface area contributed by atoms with Crippen molar-refractivity contribution >= 4 is 21.2 Å². The zero-order chi connectivity index (χ0) is 20.5. The number of aromatic nitrogens is 2. The van der Waals surface area contributed by atoms with E-state index in [1.807, 2.05) is 27.7 Å². The molecule has 1 heterocycles. The van der Waals surface area contributed by atoms with E-state index in [-0.39, 0.29) is 10.7 Å². The Balaban J connectivity index is 2.75. The molecule has 0 unspecified atom stereocenters. The summed E-state index contributed by atoms with van der Waals surface area (Å²) in [6, 6.07) is 3.08. The molecule has 6 nitrogen and oxygen atoms in total. The van der Waals surface area contributed by atoms with Gasteiger partial charge in [0.2, 0.25) is 5.88 Å². The molecule has 146 valence electrons. The molecule has 1 aromatic heterocycles. The second kappa shape index (κ2) is 7.68. The Morgan fingerprint density at radius 3 is 2.33 bits per heavy atom. The molecule has 0 aliphatic carbocycles. The molecule has 2 rings (SSSR count). The molecule has 7 heteroatoms. The lowest BCUT2D eigenvalue weighted by molar-refractivity contribution is 0.103. The van der Waals surface area contributed by atoms with E-state index in [1.54, 1.807) is 20.0 Å². The van der Waals surface area contributed by atoms with Crippen LogP contribution in [0.1, 0.15) is 54.7 Å². The zero-order valence-electron chi connectivity index (χ0n) is 16.9. The fourth-order valence-corrected chi connectivity index (χ4v) is 3.99. The molecular weight excluding hydrogens is 364 g/mol. The van der Waals surface area contributed by atoms with Gasteiger partial charge in [-0.3, -0.25) is 4.79 Å². The highest BCUT2D eigenvalue weighted by molar-refractivity contribution is 7.90. The number of carbonyl (C=O) groups is 1. The Kier molecular flexibility index (Phi) is 5.94. The molecule has 0 spiro atoms. The summed E-state index contributed by atoms with van der Waals surface area (Å²) in [5.41, 5.74) is 3.85. The maximum absolute atomic E-state index is 13.2. The smallest absolute Gasteiger partial charge is 0.223 e. The summed E-state index contributed by atoms with van der Waals surface area (Å²) in [7, 11) is -1.73. The average Bonchev–Trinajstić information content (AvgIpc) is 2.93. The maximum atomic E-state index is 13.2. The molecular formula is C20H26N2O4S. The topological polar surface area (TPSA) is 78.3 Å². The summed E-state index contributed by atoms with van der Waals surface area (Å²) in [5, 5.41) is 4.12. The highest BCUT2D eigenvalue weighted by Gasteiger charge is 2.25. The third kappa shape index (κ3) is 3.98. The monoisotopic (exact) mass is 390 g/mol. The van der Waals surface area contributed by atoms with E-state index in [1.165, 1.54) is 23.2 Å². The second-order valence-electron chi connectivity index (χ2n) is 6.76. The molecule has 0 aliphatic rings. The van der Waals surface area contributed by atoms with Crippen LogP contribution in [0, 0.1) is 6.92 Å². The second-order valence-corrected chi connectivity index (χ2v) is 8.74. The quantitative estimate of drug-likeness (QED) is 0.705. The van der Waals surface area contributed by atoms with Crippen molar-refractivity contribution in [2.45, 2.75) is 39.5 Å². The lowest BCUT2D eigenvalue weighted by Gasteiger charge is -2.17. The van der Waals surface area contributed by atoms with Crippen LogP contribution in [0.25, 0.3) is 5.57 Å². The highest BCUT2D eigenvalue weighted by Crippen LogP contribution is 2.33. The number of hydrogen-bond donors (Lipinski definition) is 0. The van der Waals surface area contributed by atoms with Crippen LogP contribution in [0.5, 0.6) is 5.88 Å². The number of hydrogen-bond acceptors (Lipinski definition) is 5. The number of ether oxygens (including phenoxy) is 1. The predicted molar refractivity (Wildman–Crippen MR) is 106 cm³/mol. The summed E-state index contributed by atoms with van der Waals surface area (Å²) < 4.78 is 31.6. The van der Waals surface area contributed by atoms with E-state index in [4.69, 9.17) is 4.74 Å².